The summed E-state index contributed by atoms with van der Waals surface area (Å²) in [6.07, 6.45) is 13.0. The number of nitrogens with one attached hydrogen (secondary N) is 3. The largest absolute Gasteiger partial charge is 0.340 e. The topological polar surface area (TPSA) is 133 Å². The minimum atomic E-state index is -0.0453. The Morgan fingerprint density at radius 3 is 2.67 bits per heavy atom. The number of nitrogens with zero attached hydrogens (tertiary/aromatic N) is 5. The average Bonchev–Trinajstić information content (AvgIpc) is 3.52. The summed E-state index contributed by atoms with van der Waals surface area (Å²) in [6.45, 7) is 9.22. The van der Waals surface area contributed by atoms with Gasteiger partial charge in [-0.05, 0) is 50.8 Å². The molecule has 1 aliphatic carbocycles. The Morgan fingerprint density at radius 2 is 1.90 bits per heavy atom. The molecule has 0 aromatic carbocycles. The van der Waals surface area contributed by atoms with Gasteiger partial charge in [-0.1, -0.05) is 26.0 Å². The summed E-state index contributed by atoms with van der Waals surface area (Å²) in [6, 6.07) is 3.87. The summed E-state index contributed by atoms with van der Waals surface area (Å²) < 4.78 is 0. The molecule has 0 saturated carbocycles. The molecule has 10 nitrogen and oxygen atoms in total. The molecule has 206 valence electrons. The number of aryl methyl sites for hydroxylation is 1. The number of pyridine rings is 2. The van der Waals surface area contributed by atoms with E-state index >= 15 is 0 Å². The monoisotopic (exact) mass is 538 g/mol. The highest BCUT2D eigenvalue weighted by Gasteiger charge is 2.25. The van der Waals surface area contributed by atoms with Crippen molar-refractivity contribution in [3.05, 3.63) is 60.3 Å². The summed E-state index contributed by atoms with van der Waals surface area (Å²) >= 11 is 0. The summed E-state index contributed by atoms with van der Waals surface area (Å²) in [5.41, 5.74) is 5.66. The molecule has 4 aromatic rings. The number of H-pyrrole nitrogens is 2. The molecule has 4 heterocycles. The predicted molar refractivity (Wildman–Crippen MR) is 156 cm³/mol. The summed E-state index contributed by atoms with van der Waals surface area (Å²) in [7, 11) is 0. The van der Waals surface area contributed by atoms with Crippen LogP contribution in [0.2, 0.25) is 0 Å². The number of likely N-dealkylation sites (N-methyl/N-ethyl adjacent to an activating group) is 1. The van der Waals surface area contributed by atoms with Crippen LogP contribution in [0.3, 0.4) is 0 Å². The molecule has 0 atom stereocenters. The standard InChI is InChI=1S/C30H34N8O2/c1-5-38(6-2)30(40)22-10-8-7-9-11-24-26(22)35-29(34-24)27-23-14-20(16-32-28(23)37-36-27)19-13-21(17-31-15-19)33-25(39)12-18(3)4/h7-8,10,13-18H,5-6,9,11-12H2,1-4H3,(H,33,39)(H,34,35)(H,32,36,37)/b8-7-,22-10?. The lowest BCUT2D eigenvalue weighted by atomic mass is 10.0. The van der Waals surface area contributed by atoms with Crippen LogP contribution in [0.15, 0.2) is 49.0 Å². The molecule has 5 rings (SSSR count). The van der Waals surface area contributed by atoms with Gasteiger partial charge in [0.1, 0.15) is 5.69 Å². The van der Waals surface area contributed by atoms with Crippen LogP contribution in [-0.4, -0.2) is 59.9 Å². The first-order valence-electron chi connectivity index (χ1n) is 13.7. The second-order valence-corrected chi connectivity index (χ2v) is 10.2. The lowest BCUT2D eigenvalue weighted by Crippen LogP contribution is -2.31. The van der Waals surface area contributed by atoms with Gasteiger partial charge in [0.2, 0.25) is 5.91 Å². The molecule has 0 fully saturated rings. The second kappa shape index (κ2) is 11.6. The Morgan fingerprint density at radius 1 is 1.10 bits per heavy atom. The Balaban J connectivity index is 1.51. The predicted octanol–water partition coefficient (Wildman–Crippen LogP) is 5.15. The van der Waals surface area contributed by atoms with Crippen molar-refractivity contribution in [3.8, 4) is 22.6 Å². The third-order valence-corrected chi connectivity index (χ3v) is 6.87. The van der Waals surface area contributed by atoms with Crippen molar-refractivity contribution in [1.82, 2.24) is 35.0 Å². The molecular formula is C30H34N8O2. The van der Waals surface area contributed by atoms with Crippen molar-refractivity contribution in [2.45, 2.75) is 47.0 Å². The van der Waals surface area contributed by atoms with E-state index in [0.29, 0.717) is 53.6 Å². The highest BCUT2D eigenvalue weighted by molar-refractivity contribution is 6.19. The van der Waals surface area contributed by atoms with Gasteiger partial charge in [-0.25, -0.2) is 9.97 Å². The molecule has 2 amide bonds. The number of imidazole rings is 1. The maximum Gasteiger partial charge on any atom is 0.256 e. The molecule has 40 heavy (non-hydrogen) atoms. The third-order valence-electron chi connectivity index (χ3n) is 6.87. The Labute approximate surface area is 233 Å². The van der Waals surface area contributed by atoms with Crippen LogP contribution in [0.5, 0.6) is 0 Å². The fourth-order valence-electron chi connectivity index (χ4n) is 4.84. The summed E-state index contributed by atoms with van der Waals surface area (Å²) in [5, 5.41) is 11.2. The lowest BCUT2D eigenvalue weighted by molar-refractivity contribution is -0.124. The van der Waals surface area contributed by atoms with Crippen LogP contribution in [0.25, 0.3) is 39.3 Å². The zero-order valence-corrected chi connectivity index (χ0v) is 23.3. The van der Waals surface area contributed by atoms with E-state index in [4.69, 9.17) is 4.98 Å². The van der Waals surface area contributed by atoms with E-state index in [-0.39, 0.29) is 17.7 Å². The fraction of sp³-hybridized carbons (Fsp3) is 0.333. The van der Waals surface area contributed by atoms with E-state index in [1.54, 1.807) is 23.5 Å². The van der Waals surface area contributed by atoms with Crippen molar-refractivity contribution >= 4 is 34.1 Å². The van der Waals surface area contributed by atoms with E-state index < -0.39 is 0 Å². The van der Waals surface area contributed by atoms with E-state index in [1.165, 1.54) is 0 Å². The number of anilines is 1. The highest BCUT2D eigenvalue weighted by atomic mass is 16.2. The van der Waals surface area contributed by atoms with Crippen LogP contribution in [0, 0.1) is 5.92 Å². The van der Waals surface area contributed by atoms with Crippen LogP contribution in [0.1, 0.15) is 51.9 Å². The fourth-order valence-corrected chi connectivity index (χ4v) is 4.84. The molecule has 0 saturated heterocycles. The minimum Gasteiger partial charge on any atom is -0.340 e. The zero-order chi connectivity index (χ0) is 28.2. The Hall–Kier alpha value is -4.60. The van der Waals surface area contributed by atoms with E-state index in [0.717, 1.165) is 35.0 Å². The number of amides is 2. The quantitative estimate of drug-likeness (QED) is 0.284. The Kier molecular flexibility index (Phi) is 7.86. The van der Waals surface area contributed by atoms with Crippen LogP contribution >= 0.6 is 0 Å². The van der Waals surface area contributed by atoms with E-state index in [1.807, 2.05) is 52.0 Å². The highest BCUT2D eigenvalue weighted by Crippen LogP contribution is 2.31. The first-order chi connectivity index (χ1) is 19.4. The average molecular weight is 539 g/mol. The maximum atomic E-state index is 13.4. The van der Waals surface area contributed by atoms with Crippen LogP contribution in [-0.2, 0) is 16.0 Å². The smallest absolute Gasteiger partial charge is 0.256 e. The molecular weight excluding hydrogens is 504 g/mol. The summed E-state index contributed by atoms with van der Waals surface area (Å²) in [4.78, 5) is 44.7. The molecule has 0 spiro atoms. The number of aromatic amines is 2. The van der Waals surface area contributed by atoms with Gasteiger partial charge in [0.05, 0.1) is 28.5 Å². The molecule has 1 aliphatic rings. The Bertz CT molecular complexity index is 1610. The molecule has 4 aromatic heterocycles. The van der Waals surface area contributed by atoms with Gasteiger partial charge in [0.25, 0.3) is 5.91 Å². The van der Waals surface area contributed by atoms with E-state index in [9.17, 15) is 9.59 Å². The van der Waals surface area contributed by atoms with Gasteiger partial charge in [0.15, 0.2) is 11.5 Å². The number of rotatable bonds is 8. The van der Waals surface area contributed by atoms with Gasteiger partial charge in [-0.15, -0.1) is 0 Å². The van der Waals surface area contributed by atoms with Gasteiger partial charge < -0.3 is 15.2 Å². The van der Waals surface area contributed by atoms with Crippen molar-refractivity contribution in [2.75, 3.05) is 18.4 Å². The first-order valence-corrected chi connectivity index (χ1v) is 13.7. The van der Waals surface area contributed by atoms with Gasteiger partial charge in [0, 0.05) is 48.7 Å². The van der Waals surface area contributed by atoms with Crippen molar-refractivity contribution in [1.29, 1.82) is 0 Å². The van der Waals surface area contributed by atoms with Crippen LogP contribution < -0.4 is 5.32 Å². The van der Waals surface area contributed by atoms with Crippen molar-refractivity contribution in [3.63, 3.8) is 0 Å². The number of aromatic nitrogens is 6. The number of carbonyl (C=O) groups excluding carboxylic acids is 2. The summed E-state index contributed by atoms with van der Waals surface area (Å²) in [5.74, 6) is 0.777. The zero-order valence-electron chi connectivity index (χ0n) is 23.3. The number of fused-ring (bicyclic) bond motifs is 2. The number of hydrogen-bond acceptors (Lipinski definition) is 6. The number of allylic oxidation sites excluding steroid dienone is 3. The minimum absolute atomic E-state index is 0.0397. The van der Waals surface area contributed by atoms with Gasteiger partial charge >= 0.3 is 0 Å². The molecule has 0 bridgehead atoms. The second-order valence-electron chi connectivity index (χ2n) is 10.2. The first kappa shape index (κ1) is 27.0. The third kappa shape index (κ3) is 5.56. The molecule has 3 N–H and O–H groups in total. The SMILES string of the molecule is CCN(CC)C(=O)C1=C/C=C\CCc2[nH]c(-c3[nH]nc4ncc(-c5cncc(NC(=O)CC(C)C)c5)cc34)nc21. The molecule has 0 aliphatic heterocycles. The lowest BCUT2D eigenvalue weighted by Gasteiger charge is -2.20. The molecule has 0 unspecified atom stereocenters. The molecule has 0 radical (unpaired) electrons. The normalized spacial score (nSPS) is 13.9. The van der Waals surface area contributed by atoms with Gasteiger partial charge in [-0.3, -0.25) is 19.7 Å². The van der Waals surface area contributed by atoms with Crippen molar-refractivity contribution < 1.29 is 9.59 Å². The number of hydrogen-bond donors (Lipinski definition) is 3. The van der Waals surface area contributed by atoms with Gasteiger partial charge in [-0.2, -0.15) is 5.10 Å². The maximum absolute atomic E-state index is 13.4. The van der Waals surface area contributed by atoms with E-state index in [2.05, 4.69) is 36.5 Å². The number of carbonyl (C=O) groups is 2. The molecule has 10 heteroatoms. The van der Waals surface area contributed by atoms with Crippen molar-refractivity contribution in [2.24, 2.45) is 5.92 Å². The van der Waals surface area contributed by atoms with Crippen LogP contribution in [0.4, 0.5) is 5.69 Å².